The summed E-state index contributed by atoms with van der Waals surface area (Å²) in [6.45, 7) is 7.05. The zero-order valence-corrected chi connectivity index (χ0v) is 16.7. The Balaban J connectivity index is 0.00000210. The lowest BCUT2D eigenvalue weighted by molar-refractivity contribution is 0.123. The first-order chi connectivity index (χ1) is 12.9. The van der Waals surface area contributed by atoms with Crippen LogP contribution in [0, 0.1) is 0 Å². The molecule has 0 spiro atoms. The van der Waals surface area contributed by atoms with Crippen LogP contribution in [-0.2, 0) is 9.47 Å². The monoisotopic (exact) mass is 408 g/mol. The Bertz CT molecular complexity index is 698. The highest BCUT2D eigenvalue weighted by Gasteiger charge is 2.13. The highest BCUT2D eigenvalue weighted by molar-refractivity contribution is 7.18. The van der Waals surface area contributed by atoms with Gasteiger partial charge in [-0.2, -0.15) is 10.2 Å². The first-order valence-corrected chi connectivity index (χ1v) is 10.4. The standard InChI is InChI=1S/C18H22N4O2S2.H2O/c1-3-17(21-5-9-23-10-6-21)25-15(1)13-19-20-14-16-2-4-18(26-16)22-7-11-24-12-8-22;/h1-4,13-14H,5-12H2;1H2/b19-13+,20-14+;. The Morgan fingerprint density at radius 3 is 1.52 bits per heavy atom. The molecule has 2 N–H and O–H groups in total. The summed E-state index contributed by atoms with van der Waals surface area (Å²) in [6, 6.07) is 8.48. The van der Waals surface area contributed by atoms with E-state index in [9.17, 15) is 0 Å². The van der Waals surface area contributed by atoms with Crippen molar-refractivity contribution in [1.29, 1.82) is 0 Å². The van der Waals surface area contributed by atoms with Gasteiger partial charge in [-0.25, -0.2) is 0 Å². The fourth-order valence-corrected chi connectivity index (χ4v) is 4.76. The van der Waals surface area contributed by atoms with E-state index >= 15 is 0 Å². The molecule has 0 amide bonds. The SMILES string of the molecule is C(=N\N=C\c1ccc(N2CCOCC2)s1)/c1ccc(N2CCOCC2)s1.O. The molecule has 0 unspecified atom stereocenters. The van der Waals surface area contributed by atoms with Crippen LogP contribution >= 0.6 is 22.7 Å². The Hall–Kier alpha value is -1.78. The van der Waals surface area contributed by atoms with E-state index in [0.717, 1.165) is 62.4 Å². The summed E-state index contributed by atoms with van der Waals surface area (Å²) in [4.78, 5) is 6.94. The summed E-state index contributed by atoms with van der Waals surface area (Å²) in [5, 5.41) is 10.9. The van der Waals surface area contributed by atoms with Gasteiger partial charge in [0.15, 0.2) is 0 Å². The third kappa shape index (κ3) is 5.36. The van der Waals surface area contributed by atoms with Gasteiger partial charge in [-0.1, -0.05) is 0 Å². The molecule has 4 rings (SSSR count). The maximum Gasteiger partial charge on any atom is 0.0916 e. The van der Waals surface area contributed by atoms with E-state index in [0.29, 0.717) is 0 Å². The maximum absolute atomic E-state index is 5.40. The van der Waals surface area contributed by atoms with E-state index in [1.54, 1.807) is 22.7 Å². The molecule has 9 heteroatoms. The number of hydrogen-bond acceptors (Lipinski definition) is 8. The average molecular weight is 409 g/mol. The number of ether oxygens (including phenoxy) is 2. The van der Waals surface area contributed by atoms with Crippen LogP contribution in [0.2, 0.25) is 0 Å². The van der Waals surface area contributed by atoms with Crippen molar-refractivity contribution >= 4 is 45.1 Å². The first-order valence-electron chi connectivity index (χ1n) is 8.80. The molecular formula is C18H24N4O3S2. The smallest absolute Gasteiger partial charge is 0.0916 e. The van der Waals surface area contributed by atoms with E-state index in [1.165, 1.54) is 10.0 Å². The van der Waals surface area contributed by atoms with Gasteiger partial charge in [-0.15, -0.1) is 22.7 Å². The largest absolute Gasteiger partial charge is 0.412 e. The Morgan fingerprint density at radius 2 is 1.11 bits per heavy atom. The van der Waals surface area contributed by atoms with E-state index in [4.69, 9.17) is 9.47 Å². The molecule has 146 valence electrons. The van der Waals surface area contributed by atoms with Gasteiger partial charge in [0.2, 0.25) is 0 Å². The van der Waals surface area contributed by atoms with E-state index in [2.05, 4.69) is 44.3 Å². The van der Waals surface area contributed by atoms with Crippen LogP contribution in [0.1, 0.15) is 9.75 Å². The van der Waals surface area contributed by atoms with E-state index in [-0.39, 0.29) is 5.48 Å². The predicted octanol–water partition coefficient (Wildman–Crippen LogP) is 2.11. The molecule has 2 fully saturated rings. The van der Waals surface area contributed by atoms with Crippen molar-refractivity contribution in [2.45, 2.75) is 0 Å². The van der Waals surface area contributed by atoms with Crippen LogP contribution in [0.25, 0.3) is 0 Å². The van der Waals surface area contributed by atoms with Gasteiger partial charge in [0.05, 0.1) is 48.9 Å². The lowest BCUT2D eigenvalue weighted by Gasteiger charge is -2.27. The quantitative estimate of drug-likeness (QED) is 0.561. The molecule has 2 aliphatic heterocycles. The first kappa shape index (κ1) is 20.0. The molecule has 0 aromatic carbocycles. The molecule has 2 saturated heterocycles. The van der Waals surface area contributed by atoms with E-state index < -0.39 is 0 Å². The molecule has 2 aromatic heterocycles. The molecule has 0 bridgehead atoms. The second-order valence-electron chi connectivity index (χ2n) is 6.04. The molecule has 27 heavy (non-hydrogen) atoms. The molecule has 2 aromatic rings. The predicted molar refractivity (Wildman–Crippen MR) is 114 cm³/mol. The van der Waals surface area contributed by atoms with Crippen LogP contribution in [-0.4, -0.2) is 70.5 Å². The number of morpholine rings is 2. The summed E-state index contributed by atoms with van der Waals surface area (Å²) in [5.74, 6) is 0. The van der Waals surface area contributed by atoms with Crippen LogP contribution in [0.15, 0.2) is 34.5 Å². The van der Waals surface area contributed by atoms with Crippen LogP contribution in [0.3, 0.4) is 0 Å². The zero-order chi connectivity index (χ0) is 17.6. The van der Waals surface area contributed by atoms with Crippen LogP contribution < -0.4 is 9.80 Å². The fourth-order valence-electron chi connectivity index (χ4n) is 2.91. The second-order valence-corrected chi connectivity index (χ2v) is 8.23. The van der Waals surface area contributed by atoms with Gasteiger partial charge in [0.25, 0.3) is 0 Å². The Kier molecular flexibility index (Phi) is 7.36. The fraction of sp³-hybridized carbons (Fsp3) is 0.444. The van der Waals surface area contributed by atoms with Gasteiger partial charge < -0.3 is 24.7 Å². The van der Waals surface area contributed by atoms with Gasteiger partial charge in [-0.05, 0) is 24.3 Å². The summed E-state index contributed by atoms with van der Waals surface area (Å²) in [7, 11) is 0. The zero-order valence-electron chi connectivity index (χ0n) is 15.0. The number of hydrogen-bond donors (Lipinski definition) is 0. The summed E-state index contributed by atoms with van der Waals surface area (Å²) in [6.07, 6.45) is 3.64. The second kappa shape index (κ2) is 9.95. The topological polar surface area (TPSA) is 81.2 Å². The molecule has 0 aliphatic carbocycles. The van der Waals surface area contributed by atoms with Crippen molar-refractivity contribution in [2.24, 2.45) is 10.2 Å². The number of anilines is 2. The summed E-state index contributed by atoms with van der Waals surface area (Å²) in [5.41, 5.74) is 0. The van der Waals surface area contributed by atoms with Gasteiger partial charge in [0.1, 0.15) is 0 Å². The molecule has 0 atom stereocenters. The average Bonchev–Trinajstić information content (AvgIpc) is 3.37. The Labute approximate surface area is 166 Å². The van der Waals surface area contributed by atoms with Gasteiger partial charge in [0, 0.05) is 35.9 Å². The van der Waals surface area contributed by atoms with Gasteiger partial charge >= 0.3 is 0 Å². The van der Waals surface area contributed by atoms with Crippen molar-refractivity contribution in [3.63, 3.8) is 0 Å². The minimum absolute atomic E-state index is 0. The lowest BCUT2D eigenvalue weighted by Crippen LogP contribution is -2.35. The molecule has 0 saturated carbocycles. The van der Waals surface area contributed by atoms with Crippen molar-refractivity contribution in [1.82, 2.24) is 0 Å². The maximum atomic E-state index is 5.40. The Morgan fingerprint density at radius 1 is 0.704 bits per heavy atom. The molecule has 4 heterocycles. The highest BCUT2D eigenvalue weighted by Crippen LogP contribution is 2.26. The molecule has 0 radical (unpaired) electrons. The van der Waals surface area contributed by atoms with E-state index in [1.807, 2.05) is 12.4 Å². The minimum Gasteiger partial charge on any atom is -0.412 e. The highest BCUT2D eigenvalue weighted by atomic mass is 32.1. The van der Waals surface area contributed by atoms with Crippen molar-refractivity contribution < 1.29 is 14.9 Å². The van der Waals surface area contributed by atoms with Crippen LogP contribution in [0.5, 0.6) is 0 Å². The lowest BCUT2D eigenvalue weighted by atomic mass is 10.4. The van der Waals surface area contributed by atoms with Crippen molar-refractivity contribution in [3.05, 3.63) is 34.0 Å². The number of nitrogens with zero attached hydrogens (tertiary/aromatic N) is 4. The third-order valence-corrected chi connectivity index (χ3v) is 6.47. The molecule has 2 aliphatic rings. The molecular weight excluding hydrogens is 384 g/mol. The molecule has 7 nitrogen and oxygen atoms in total. The summed E-state index contributed by atoms with van der Waals surface area (Å²) >= 11 is 3.48. The number of thiophene rings is 2. The normalized spacial score (nSPS) is 18.4. The van der Waals surface area contributed by atoms with Crippen LogP contribution in [0.4, 0.5) is 10.0 Å². The minimum atomic E-state index is 0. The van der Waals surface area contributed by atoms with Gasteiger partial charge in [-0.3, -0.25) is 0 Å². The van der Waals surface area contributed by atoms with Crippen molar-refractivity contribution in [2.75, 3.05) is 62.4 Å². The van der Waals surface area contributed by atoms with Crippen molar-refractivity contribution in [3.8, 4) is 0 Å². The summed E-state index contributed by atoms with van der Waals surface area (Å²) < 4.78 is 10.8. The third-order valence-electron chi connectivity index (χ3n) is 4.31. The number of rotatable bonds is 5.